The maximum atomic E-state index is 5.45. The zero-order valence-corrected chi connectivity index (χ0v) is 8.66. The molecular formula is C12H17O2. The van der Waals surface area contributed by atoms with E-state index < -0.39 is 0 Å². The first-order valence-electron chi connectivity index (χ1n) is 4.86. The Bertz CT molecular complexity index is 241. The summed E-state index contributed by atoms with van der Waals surface area (Å²) >= 11 is 0. The van der Waals surface area contributed by atoms with Crippen molar-refractivity contribution < 1.29 is 9.47 Å². The zero-order chi connectivity index (χ0) is 10.2. The summed E-state index contributed by atoms with van der Waals surface area (Å²) < 4.78 is 10.5. The topological polar surface area (TPSA) is 18.5 Å². The Morgan fingerprint density at radius 2 is 1.93 bits per heavy atom. The molecule has 0 unspecified atom stereocenters. The first-order valence-corrected chi connectivity index (χ1v) is 4.86. The average molecular weight is 193 g/mol. The van der Waals surface area contributed by atoms with Gasteiger partial charge in [-0.15, -0.1) is 0 Å². The molecule has 0 N–H and O–H groups in total. The van der Waals surface area contributed by atoms with E-state index in [9.17, 15) is 0 Å². The number of rotatable bonds is 6. The minimum absolute atomic E-state index is 0.671. The molecule has 2 heteroatoms. The maximum absolute atomic E-state index is 5.45. The lowest BCUT2D eigenvalue weighted by Gasteiger charge is -2.04. The highest BCUT2D eigenvalue weighted by molar-refractivity contribution is 5.26. The predicted molar refractivity (Wildman–Crippen MR) is 57.2 cm³/mol. The van der Waals surface area contributed by atoms with E-state index in [0.717, 1.165) is 25.2 Å². The fourth-order valence-corrected chi connectivity index (χ4v) is 1.12. The monoisotopic (exact) mass is 193 g/mol. The Kier molecular flexibility index (Phi) is 5.08. The van der Waals surface area contributed by atoms with Crippen LogP contribution in [0.4, 0.5) is 0 Å². The molecule has 0 aliphatic carbocycles. The molecule has 0 aliphatic heterocycles. The third-order valence-electron chi connectivity index (χ3n) is 1.97. The Hall–Kier alpha value is -1.02. The summed E-state index contributed by atoms with van der Waals surface area (Å²) in [7, 11) is 1.67. The summed E-state index contributed by atoms with van der Waals surface area (Å²) in [6.07, 6.45) is 1.96. The Morgan fingerprint density at radius 3 is 2.50 bits per heavy atom. The number of hydrogen-bond acceptors (Lipinski definition) is 2. The van der Waals surface area contributed by atoms with Crippen LogP contribution in [0.2, 0.25) is 0 Å². The Morgan fingerprint density at radius 1 is 1.21 bits per heavy atom. The summed E-state index contributed by atoms with van der Waals surface area (Å²) in [4.78, 5) is 0. The molecule has 0 saturated heterocycles. The molecule has 0 aromatic heterocycles. The Balaban J connectivity index is 2.29. The van der Waals surface area contributed by atoms with Gasteiger partial charge in [0.2, 0.25) is 0 Å². The molecule has 0 heterocycles. The summed E-state index contributed by atoms with van der Waals surface area (Å²) in [5.74, 6) is 0.881. The van der Waals surface area contributed by atoms with Crippen LogP contribution in [0, 0.1) is 6.92 Å². The van der Waals surface area contributed by atoms with E-state index in [1.54, 1.807) is 7.11 Å². The van der Waals surface area contributed by atoms with E-state index in [4.69, 9.17) is 9.47 Å². The third kappa shape index (κ3) is 3.79. The number of hydrogen-bond donors (Lipinski definition) is 0. The quantitative estimate of drug-likeness (QED) is 0.647. The van der Waals surface area contributed by atoms with E-state index in [-0.39, 0.29) is 0 Å². The van der Waals surface area contributed by atoms with Gasteiger partial charge in [0.15, 0.2) is 0 Å². The van der Waals surface area contributed by atoms with Gasteiger partial charge in [0.1, 0.15) is 5.75 Å². The lowest BCUT2D eigenvalue weighted by atomic mass is 10.2. The van der Waals surface area contributed by atoms with Crippen molar-refractivity contribution in [3.05, 3.63) is 36.8 Å². The van der Waals surface area contributed by atoms with E-state index in [2.05, 4.69) is 6.92 Å². The van der Waals surface area contributed by atoms with Crippen LogP contribution in [0.3, 0.4) is 0 Å². The highest BCUT2D eigenvalue weighted by Gasteiger charge is 1.94. The molecule has 1 aromatic carbocycles. The fraction of sp³-hybridized carbons (Fsp3) is 0.417. The highest BCUT2D eigenvalue weighted by atomic mass is 16.5. The number of ether oxygens (including phenoxy) is 2. The van der Waals surface area contributed by atoms with Crippen molar-refractivity contribution in [2.45, 2.75) is 19.4 Å². The summed E-state index contributed by atoms with van der Waals surface area (Å²) in [5.41, 5.74) is 1.18. The average Bonchev–Trinajstić information content (AvgIpc) is 2.25. The van der Waals surface area contributed by atoms with Crippen molar-refractivity contribution in [3.8, 4) is 5.75 Å². The standard InChI is InChI=1S/C12H17O2/c1-3-4-9-14-10-11-5-7-12(13-2)8-6-11/h5-8H,1,3-4,9-10H2,2H3. The van der Waals surface area contributed by atoms with Gasteiger partial charge >= 0.3 is 0 Å². The van der Waals surface area contributed by atoms with Crippen molar-refractivity contribution in [1.29, 1.82) is 0 Å². The zero-order valence-electron chi connectivity index (χ0n) is 8.66. The number of unbranched alkanes of at least 4 members (excludes halogenated alkanes) is 1. The summed E-state index contributed by atoms with van der Waals surface area (Å²) in [6, 6.07) is 7.92. The third-order valence-corrected chi connectivity index (χ3v) is 1.97. The first-order chi connectivity index (χ1) is 6.86. The smallest absolute Gasteiger partial charge is 0.118 e. The molecule has 0 amide bonds. The van der Waals surface area contributed by atoms with Crippen molar-refractivity contribution in [1.82, 2.24) is 0 Å². The van der Waals surface area contributed by atoms with Crippen LogP contribution in [0.15, 0.2) is 24.3 Å². The number of benzene rings is 1. The molecule has 0 atom stereocenters. The molecule has 0 fully saturated rings. The molecule has 14 heavy (non-hydrogen) atoms. The van der Waals surface area contributed by atoms with Crippen LogP contribution >= 0.6 is 0 Å². The molecule has 77 valence electrons. The van der Waals surface area contributed by atoms with Gasteiger partial charge in [-0.25, -0.2) is 0 Å². The van der Waals surface area contributed by atoms with Gasteiger partial charge in [-0.3, -0.25) is 0 Å². The minimum atomic E-state index is 0.671. The van der Waals surface area contributed by atoms with Crippen molar-refractivity contribution in [3.63, 3.8) is 0 Å². The van der Waals surface area contributed by atoms with Crippen molar-refractivity contribution in [2.75, 3.05) is 13.7 Å². The van der Waals surface area contributed by atoms with Gasteiger partial charge in [-0.2, -0.15) is 0 Å². The van der Waals surface area contributed by atoms with Gasteiger partial charge in [0, 0.05) is 6.61 Å². The minimum Gasteiger partial charge on any atom is -0.497 e. The van der Waals surface area contributed by atoms with E-state index in [1.807, 2.05) is 24.3 Å². The summed E-state index contributed by atoms with van der Waals surface area (Å²) in [6.45, 7) is 5.21. The molecule has 2 nitrogen and oxygen atoms in total. The molecule has 0 spiro atoms. The molecule has 1 radical (unpaired) electrons. The van der Waals surface area contributed by atoms with Gasteiger partial charge in [0.05, 0.1) is 13.7 Å². The molecule has 1 aromatic rings. The summed E-state index contributed by atoms with van der Waals surface area (Å²) in [5, 5.41) is 0. The van der Waals surface area contributed by atoms with E-state index in [1.165, 1.54) is 5.56 Å². The maximum Gasteiger partial charge on any atom is 0.118 e. The SMILES string of the molecule is [CH2]CCCOCc1ccc(OC)cc1. The lowest BCUT2D eigenvalue weighted by Crippen LogP contribution is -1.94. The highest BCUT2D eigenvalue weighted by Crippen LogP contribution is 2.11. The second-order valence-corrected chi connectivity index (χ2v) is 3.11. The van der Waals surface area contributed by atoms with E-state index in [0.29, 0.717) is 6.61 Å². The van der Waals surface area contributed by atoms with Crippen LogP contribution in [0.1, 0.15) is 18.4 Å². The van der Waals surface area contributed by atoms with Gasteiger partial charge < -0.3 is 9.47 Å². The first kappa shape index (κ1) is 11.1. The van der Waals surface area contributed by atoms with Crippen molar-refractivity contribution in [2.24, 2.45) is 0 Å². The molecule has 0 aliphatic rings. The second-order valence-electron chi connectivity index (χ2n) is 3.11. The van der Waals surface area contributed by atoms with Crippen LogP contribution in [-0.2, 0) is 11.3 Å². The van der Waals surface area contributed by atoms with E-state index >= 15 is 0 Å². The second kappa shape index (κ2) is 6.44. The Labute approximate surface area is 85.8 Å². The van der Waals surface area contributed by atoms with Crippen molar-refractivity contribution >= 4 is 0 Å². The van der Waals surface area contributed by atoms with Crippen LogP contribution in [-0.4, -0.2) is 13.7 Å². The molecule has 0 saturated carbocycles. The van der Waals surface area contributed by atoms with Gasteiger partial charge in [-0.1, -0.05) is 25.5 Å². The normalized spacial score (nSPS) is 10.1. The fourth-order valence-electron chi connectivity index (χ4n) is 1.12. The molecule has 1 rings (SSSR count). The molecular weight excluding hydrogens is 176 g/mol. The van der Waals surface area contributed by atoms with Crippen LogP contribution in [0.5, 0.6) is 5.75 Å². The lowest BCUT2D eigenvalue weighted by molar-refractivity contribution is 0.119. The van der Waals surface area contributed by atoms with Crippen LogP contribution in [0.25, 0.3) is 0 Å². The molecule has 0 bridgehead atoms. The van der Waals surface area contributed by atoms with Crippen LogP contribution < -0.4 is 4.74 Å². The predicted octanol–water partition coefficient (Wildman–Crippen LogP) is 2.83. The van der Waals surface area contributed by atoms with Gasteiger partial charge in [0.25, 0.3) is 0 Å². The largest absolute Gasteiger partial charge is 0.497 e. The number of methoxy groups -OCH3 is 1. The van der Waals surface area contributed by atoms with Gasteiger partial charge in [-0.05, 0) is 24.1 Å².